The Bertz CT molecular complexity index is 339. The van der Waals surface area contributed by atoms with Crippen molar-refractivity contribution in [2.45, 2.75) is 12.5 Å². The molecule has 2 nitrogen and oxygen atoms in total. The molecule has 1 aliphatic heterocycles. The minimum absolute atomic E-state index is 0.544. The van der Waals surface area contributed by atoms with E-state index < -0.39 is 0 Å². The number of halogens is 1. The van der Waals surface area contributed by atoms with Crippen LogP contribution in [0.1, 0.15) is 6.42 Å². The van der Waals surface area contributed by atoms with Crippen LogP contribution in [-0.4, -0.2) is 24.7 Å². The minimum atomic E-state index is 0.544. The second-order valence-electron chi connectivity index (χ2n) is 3.55. The van der Waals surface area contributed by atoms with E-state index >= 15 is 0 Å². The molecule has 1 aromatic carbocycles. The van der Waals surface area contributed by atoms with Crippen molar-refractivity contribution in [1.29, 1.82) is 0 Å². The zero-order chi connectivity index (χ0) is 10.7. The Morgan fingerprint density at radius 2 is 2.40 bits per heavy atom. The first kappa shape index (κ1) is 11.0. The third-order valence-electron chi connectivity index (χ3n) is 2.45. The Kier molecular flexibility index (Phi) is 3.65. The Hall–Kier alpha value is -0.540. The first-order valence-corrected chi connectivity index (χ1v) is 6.50. The molecule has 0 bridgehead atoms. The molecule has 1 aromatic rings. The highest BCUT2D eigenvalue weighted by molar-refractivity contribution is 7.99. The second-order valence-corrected chi connectivity index (χ2v) is 5.14. The van der Waals surface area contributed by atoms with E-state index in [0.717, 1.165) is 22.2 Å². The molecule has 0 spiro atoms. The van der Waals surface area contributed by atoms with E-state index in [1.807, 2.05) is 30.0 Å². The Balaban J connectivity index is 2.14. The zero-order valence-corrected chi connectivity index (χ0v) is 10.2. The van der Waals surface area contributed by atoms with Crippen LogP contribution in [-0.2, 0) is 0 Å². The molecule has 0 saturated carbocycles. The highest BCUT2D eigenvalue weighted by Gasteiger charge is 2.16. The average molecular weight is 244 g/mol. The van der Waals surface area contributed by atoms with E-state index in [2.05, 4.69) is 5.32 Å². The molecule has 0 aliphatic carbocycles. The van der Waals surface area contributed by atoms with E-state index in [4.69, 9.17) is 16.3 Å². The molecule has 0 amide bonds. The summed E-state index contributed by atoms with van der Waals surface area (Å²) in [5.41, 5.74) is 0.998. The number of hydrogen-bond donors (Lipinski definition) is 1. The number of thioether (sulfide) groups is 1. The van der Waals surface area contributed by atoms with Crippen molar-refractivity contribution in [3.63, 3.8) is 0 Å². The van der Waals surface area contributed by atoms with Gasteiger partial charge < -0.3 is 10.1 Å². The molecule has 1 heterocycles. The van der Waals surface area contributed by atoms with E-state index in [9.17, 15) is 0 Å². The summed E-state index contributed by atoms with van der Waals surface area (Å²) in [5, 5.41) is 4.21. The van der Waals surface area contributed by atoms with Crippen LogP contribution >= 0.6 is 23.4 Å². The zero-order valence-electron chi connectivity index (χ0n) is 8.63. The van der Waals surface area contributed by atoms with Crippen LogP contribution in [0.3, 0.4) is 0 Å². The van der Waals surface area contributed by atoms with Gasteiger partial charge in [-0.05, 0) is 30.4 Å². The summed E-state index contributed by atoms with van der Waals surface area (Å²) >= 11 is 7.94. The van der Waals surface area contributed by atoms with Crippen LogP contribution in [0.5, 0.6) is 5.75 Å². The van der Waals surface area contributed by atoms with E-state index in [1.165, 1.54) is 12.2 Å². The van der Waals surface area contributed by atoms with Crippen molar-refractivity contribution in [1.82, 2.24) is 0 Å². The quantitative estimate of drug-likeness (QED) is 0.881. The van der Waals surface area contributed by atoms with Crippen molar-refractivity contribution >= 4 is 29.1 Å². The molecule has 0 unspecified atom stereocenters. The Morgan fingerprint density at radius 1 is 1.53 bits per heavy atom. The SMILES string of the molecule is COc1ccc(Cl)cc1N[C@@H]1CCSC1. The lowest BCUT2D eigenvalue weighted by Gasteiger charge is -2.16. The monoisotopic (exact) mass is 243 g/mol. The molecular formula is C11H14ClNOS. The standard InChI is InChI=1S/C11H14ClNOS/c1-14-11-3-2-8(12)6-10(11)13-9-4-5-15-7-9/h2-3,6,9,13H,4-5,7H2,1H3/t9-/m1/s1. The van der Waals surface area contributed by atoms with Gasteiger partial charge in [0.2, 0.25) is 0 Å². The second kappa shape index (κ2) is 4.99. The number of nitrogens with one attached hydrogen (secondary N) is 1. The maximum atomic E-state index is 5.96. The van der Waals surface area contributed by atoms with Crippen LogP contribution in [0, 0.1) is 0 Å². The molecule has 1 fully saturated rings. The largest absolute Gasteiger partial charge is 0.495 e. The fraction of sp³-hybridized carbons (Fsp3) is 0.455. The summed E-state index contributed by atoms with van der Waals surface area (Å²) in [6, 6.07) is 6.20. The highest BCUT2D eigenvalue weighted by atomic mass is 35.5. The lowest BCUT2D eigenvalue weighted by atomic mass is 10.2. The fourth-order valence-electron chi connectivity index (χ4n) is 1.66. The van der Waals surface area contributed by atoms with Crippen molar-refractivity contribution in [3.8, 4) is 5.75 Å². The Labute approximate surface area is 99.3 Å². The summed E-state index contributed by atoms with van der Waals surface area (Å²) in [6.45, 7) is 0. The first-order chi connectivity index (χ1) is 7.29. The van der Waals surface area contributed by atoms with Crippen LogP contribution in [0.4, 0.5) is 5.69 Å². The molecule has 82 valence electrons. The number of ether oxygens (including phenoxy) is 1. The first-order valence-electron chi connectivity index (χ1n) is 4.97. The number of hydrogen-bond acceptors (Lipinski definition) is 3. The molecule has 1 saturated heterocycles. The molecule has 2 rings (SSSR count). The molecule has 1 aliphatic rings. The predicted molar refractivity (Wildman–Crippen MR) is 67.4 cm³/mol. The third-order valence-corrected chi connectivity index (χ3v) is 3.85. The van der Waals surface area contributed by atoms with E-state index in [0.29, 0.717) is 6.04 Å². The van der Waals surface area contributed by atoms with Gasteiger partial charge in [0.15, 0.2) is 0 Å². The summed E-state index contributed by atoms with van der Waals surface area (Å²) in [4.78, 5) is 0. The van der Waals surface area contributed by atoms with Crippen molar-refractivity contribution in [3.05, 3.63) is 23.2 Å². The normalized spacial score (nSPS) is 20.3. The highest BCUT2D eigenvalue weighted by Crippen LogP contribution is 2.30. The third kappa shape index (κ3) is 2.73. The molecule has 4 heteroatoms. The van der Waals surface area contributed by atoms with Gasteiger partial charge in [-0.15, -0.1) is 0 Å². The van der Waals surface area contributed by atoms with Crippen molar-refractivity contribution in [2.24, 2.45) is 0 Å². The number of benzene rings is 1. The summed E-state index contributed by atoms with van der Waals surface area (Å²) in [6.07, 6.45) is 1.21. The molecule has 1 atom stereocenters. The van der Waals surface area contributed by atoms with Gasteiger partial charge in [0, 0.05) is 16.8 Å². The smallest absolute Gasteiger partial charge is 0.142 e. The van der Waals surface area contributed by atoms with Crippen molar-refractivity contribution in [2.75, 3.05) is 23.9 Å². The predicted octanol–water partition coefficient (Wildman–Crippen LogP) is 3.27. The van der Waals surface area contributed by atoms with Gasteiger partial charge in [-0.2, -0.15) is 11.8 Å². The molecule has 15 heavy (non-hydrogen) atoms. The lowest BCUT2D eigenvalue weighted by Crippen LogP contribution is -2.18. The van der Waals surface area contributed by atoms with Gasteiger partial charge in [0.25, 0.3) is 0 Å². The van der Waals surface area contributed by atoms with E-state index in [-0.39, 0.29) is 0 Å². The number of rotatable bonds is 3. The molecule has 0 aromatic heterocycles. The van der Waals surface area contributed by atoms with Gasteiger partial charge in [-0.3, -0.25) is 0 Å². The Morgan fingerprint density at radius 3 is 3.07 bits per heavy atom. The maximum Gasteiger partial charge on any atom is 0.142 e. The number of methoxy groups -OCH3 is 1. The molecule has 1 N–H and O–H groups in total. The van der Waals surface area contributed by atoms with Crippen LogP contribution in [0.2, 0.25) is 5.02 Å². The minimum Gasteiger partial charge on any atom is -0.495 e. The lowest BCUT2D eigenvalue weighted by molar-refractivity contribution is 0.416. The maximum absolute atomic E-state index is 5.96. The van der Waals surface area contributed by atoms with Gasteiger partial charge in [0.1, 0.15) is 5.75 Å². The summed E-state index contributed by atoms with van der Waals surface area (Å²) < 4.78 is 5.28. The van der Waals surface area contributed by atoms with Gasteiger partial charge in [-0.25, -0.2) is 0 Å². The van der Waals surface area contributed by atoms with Crippen molar-refractivity contribution < 1.29 is 4.74 Å². The van der Waals surface area contributed by atoms with E-state index in [1.54, 1.807) is 7.11 Å². The van der Waals surface area contributed by atoms with Crippen LogP contribution < -0.4 is 10.1 Å². The topological polar surface area (TPSA) is 21.3 Å². The fourth-order valence-corrected chi connectivity index (χ4v) is 2.99. The number of anilines is 1. The summed E-state index contributed by atoms with van der Waals surface area (Å²) in [5.74, 6) is 3.26. The van der Waals surface area contributed by atoms with Gasteiger partial charge in [0.05, 0.1) is 12.8 Å². The van der Waals surface area contributed by atoms with Crippen LogP contribution in [0.15, 0.2) is 18.2 Å². The van der Waals surface area contributed by atoms with Gasteiger partial charge in [-0.1, -0.05) is 11.6 Å². The average Bonchev–Trinajstić information content (AvgIpc) is 2.71. The van der Waals surface area contributed by atoms with Crippen LogP contribution in [0.25, 0.3) is 0 Å². The summed E-state index contributed by atoms with van der Waals surface area (Å²) in [7, 11) is 1.68. The van der Waals surface area contributed by atoms with Gasteiger partial charge >= 0.3 is 0 Å². The molecule has 0 radical (unpaired) electrons. The molecular weight excluding hydrogens is 230 g/mol.